The molecule has 3 atom stereocenters. The van der Waals surface area contributed by atoms with E-state index in [1.165, 1.54) is 0 Å². The van der Waals surface area contributed by atoms with Gasteiger partial charge in [-0.3, -0.25) is 4.79 Å². The molecule has 1 aliphatic heterocycles. The van der Waals surface area contributed by atoms with Crippen molar-refractivity contribution in [1.82, 2.24) is 5.32 Å². The van der Waals surface area contributed by atoms with E-state index in [4.69, 9.17) is 5.11 Å². The Kier molecular flexibility index (Phi) is 1.19. The number of fused-ring (bicyclic) bond motifs is 1. The Bertz CT molecular complexity index is 224. The number of amides is 1. The SMILES string of the molecule is O=C1CC2CC2[C@@H](C(=O)O)N1. The van der Waals surface area contributed by atoms with Gasteiger partial charge >= 0.3 is 5.97 Å². The summed E-state index contributed by atoms with van der Waals surface area (Å²) >= 11 is 0. The van der Waals surface area contributed by atoms with Gasteiger partial charge in [0.25, 0.3) is 0 Å². The fourth-order valence-corrected chi connectivity index (χ4v) is 1.74. The summed E-state index contributed by atoms with van der Waals surface area (Å²) in [5, 5.41) is 11.1. The summed E-state index contributed by atoms with van der Waals surface area (Å²) in [7, 11) is 0. The molecule has 4 heteroatoms. The number of aliphatic carboxylic acids is 1. The fourth-order valence-electron chi connectivity index (χ4n) is 1.74. The van der Waals surface area contributed by atoms with E-state index in [-0.39, 0.29) is 11.8 Å². The lowest BCUT2D eigenvalue weighted by atomic mass is 10.1. The molecule has 2 unspecified atom stereocenters. The summed E-state index contributed by atoms with van der Waals surface area (Å²) in [4.78, 5) is 21.4. The number of piperidine rings is 1. The van der Waals surface area contributed by atoms with Gasteiger partial charge in [0.05, 0.1) is 0 Å². The predicted octanol–water partition coefficient (Wildman–Crippen LogP) is -0.404. The highest BCUT2D eigenvalue weighted by atomic mass is 16.4. The van der Waals surface area contributed by atoms with Crippen LogP contribution in [0.4, 0.5) is 0 Å². The number of rotatable bonds is 1. The van der Waals surface area contributed by atoms with E-state index >= 15 is 0 Å². The number of carbonyl (C=O) groups excluding carboxylic acids is 1. The molecule has 0 radical (unpaired) electrons. The van der Waals surface area contributed by atoms with E-state index in [0.29, 0.717) is 12.3 Å². The van der Waals surface area contributed by atoms with Crippen LogP contribution < -0.4 is 5.32 Å². The lowest BCUT2D eigenvalue weighted by Crippen LogP contribution is -2.45. The minimum absolute atomic E-state index is 0.115. The van der Waals surface area contributed by atoms with Crippen LogP contribution in [-0.4, -0.2) is 23.0 Å². The molecule has 0 aromatic rings. The molecule has 0 spiro atoms. The van der Waals surface area contributed by atoms with E-state index in [1.807, 2.05) is 0 Å². The third kappa shape index (κ3) is 0.982. The van der Waals surface area contributed by atoms with Gasteiger partial charge in [-0.1, -0.05) is 0 Å². The molecular weight excluding hydrogens is 146 g/mol. The van der Waals surface area contributed by atoms with Crippen molar-refractivity contribution >= 4 is 11.9 Å². The van der Waals surface area contributed by atoms with E-state index in [2.05, 4.69) is 5.32 Å². The molecule has 1 saturated carbocycles. The Labute approximate surface area is 63.6 Å². The third-order valence-electron chi connectivity index (χ3n) is 2.44. The van der Waals surface area contributed by atoms with Gasteiger partial charge < -0.3 is 10.4 Å². The van der Waals surface area contributed by atoms with Gasteiger partial charge in [0.1, 0.15) is 6.04 Å². The first-order chi connectivity index (χ1) is 5.18. The largest absolute Gasteiger partial charge is 0.480 e. The van der Waals surface area contributed by atoms with Crippen molar-refractivity contribution in [3.63, 3.8) is 0 Å². The average Bonchev–Trinajstić information content (AvgIpc) is 2.63. The molecule has 1 saturated heterocycles. The zero-order valence-corrected chi connectivity index (χ0v) is 5.91. The molecule has 1 heterocycles. The van der Waals surface area contributed by atoms with E-state index in [9.17, 15) is 9.59 Å². The van der Waals surface area contributed by atoms with Crippen LogP contribution in [0.15, 0.2) is 0 Å². The second-order valence-electron chi connectivity index (χ2n) is 3.25. The van der Waals surface area contributed by atoms with Crippen LogP contribution >= 0.6 is 0 Å². The highest BCUT2D eigenvalue weighted by molar-refractivity contribution is 5.86. The first-order valence-corrected chi connectivity index (χ1v) is 3.70. The highest BCUT2D eigenvalue weighted by Crippen LogP contribution is 2.46. The minimum Gasteiger partial charge on any atom is -0.480 e. The molecule has 2 N–H and O–H groups in total. The molecule has 2 rings (SSSR count). The molecule has 1 aliphatic carbocycles. The zero-order chi connectivity index (χ0) is 8.01. The van der Waals surface area contributed by atoms with Gasteiger partial charge in [-0.25, -0.2) is 4.79 Å². The van der Waals surface area contributed by atoms with Gasteiger partial charge in [0.2, 0.25) is 5.91 Å². The van der Waals surface area contributed by atoms with Gasteiger partial charge in [-0.05, 0) is 18.3 Å². The van der Waals surface area contributed by atoms with Crippen LogP contribution in [0, 0.1) is 11.8 Å². The summed E-state index contributed by atoms with van der Waals surface area (Å²) < 4.78 is 0. The molecule has 0 aromatic carbocycles. The maximum atomic E-state index is 10.8. The quantitative estimate of drug-likeness (QED) is 0.541. The standard InChI is InChI=1S/C7H9NO3/c9-5-2-3-1-4(3)6(8-5)7(10)11/h3-4,6H,1-2H2,(H,8,9)(H,10,11)/t3?,4?,6-/m0/s1. The Balaban J connectivity index is 2.10. The normalized spacial score (nSPS) is 40.7. The van der Waals surface area contributed by atoms with Crippen LogP contribution in [0.5, 0.6) is 0 Å². The molecule has 1 amide bonds. The van der Waals surface area contributed by atoms with Crippen LogP contribution in [0.25, 0.3) is 0 Å². The first kappa shape index (κ1) is 6.64. The lowest BCUT2D eigenvalue weighted by Gasteiger charge is -2.18. The topological polar surface area (TPSA) is 66.4 Å². The van der Waals surface area contributed by atoms with E-state index < -0.39 is 12.0 Å². The Morgan fingerprint density at radius 1 is 1.64 bits per heavy atom. The smallest absolute Gasteiger partial charge is 0.326 e. The number of hydrogen-bond donors (Lipinski definition) is 2. The molecule has 0 bridgehead atoms. The first-order valence-electron chi connectivity index (χ1n) is 3.70. The van der Waals surface area contributed by atoms with Crippen molar-refractivity contribution in [3.8, 4) is 0 Å². The zero-order valence-electron chi connectivity index (χ0n) is 5.91. The number of nitrogens with one attached hydrogen (secondary N) is 1. The molecule has 0 aromatic heterocycles. The Morgan fingerprint density at radius 2 is 2.36 bits per heavy atom. The summed E-state index contributed by atoms with van der Waals surface area (Å²) in [6.45, 7) is 0. The maximum absolute atomic E-state index is 10.8. The fraction of sp³-hybridized carbons (Fsp3) is 0.714. The molecule has 60 valence electrons. The minimum atomic E-state index is -0.898. The van der Waals surface area contributed by atoms with E-state index in [0.717, 1.165) is 6.42 Å². The van der Waals surface area contributed by atoms with Crippen molar-refractivity contribution in [2.24, 2.45) is 11.8 Å². The van der Waals surface area contributed by atoms with Gasteiger partial charge in [-0.2, -0.15) is 0 Å². The molecule has 2 aliphatic rings. The van der Waals surface area contributed by atoms with E-state index in [1.54, 1.807) is 0 Å². The summed E-state index contributed by atoms with van der Waals surface area (Å²) in [6, 6.07) is -0.610. The van der Waals surface area contributed by atoms with Crippen LogP contribution in [0.1, 0.15) is 12.8 Å². The number of hydrogen-bond acceptors (Lipinski definition) is 2. The van der Waals surface area contributed by atoms with Gasteiger partial charge in [0, 0.05) is 6.42 Å². The van der Waals surface area contributed by atoms with Crippen molar-refractivity contribution < 1.29 is 14.7 Å². The second kappa shape index (κ2) is 1.96. The second-order valence-corrected chi connectivity index (χ2v) is 3.25. The number of carbonyl (C=O) groups is 2. The predicted molar refractivity (Wildman–Crippen MR) is 35.8 cm³/mol. The van der Waals surface area contributed by atoms with Crippen molar-refractivity contribution in [3.05, 3.63) is 0 Å². The maximum Gasteiger partial charge on any atom is 0.326 e. The average molecular weight is 155 g/mol. The highest BCUT2D eigenvalue weighted by Gasteiger charge is 2.51. The Hall–Kier alpha value is -1.06. The van der Waals surface area contributed by atoms with Crippen LogP contribution in [0.3, 0.4) is 0 Å². The summed E-state index contributed by atoms with van der Waals surface area (Å²) in [5.74, 6) is -0.447. The van der Waals surface area contributed by atoms with Crippen LogP contribution in [-0.2, 0) is 9.59 Å². The summed E-state index contributed by atoms with van der Waals surface area (Å²) in [5.41, 5.74) is 0. The summed E-state index contributed by atoms with van der Waals surface area (Å²) in [6.07, 6.45) is 1.42. The molecule has 4 nitrogen and oxygen atoms in total. The Morgan fingerprint density at radius 3 is 3.00 bits per heavy atom. The van der Waals surface area contributed by atoms with Gasteiger partial charge in [-0.15, -0.1) is 0 Å². The number of carboxylic acid groups (broad SMARTS) is 1. The molecule has 11 heavy (non-hydrogen) atoms. The van der Waals surface area contributed by atoms with Gasteiger partial charge in [0.15, 0.2) is 0 Å². The molecule has 2 fully saturated rings. The van der Waals surface area contributed by atoms with Crippen LogP contribution in [0.2, 0.25) is 0 Å². The monoisotopic (exact) mass is 155 g/mol. The third-order valence-corrected chi connectivity index (χ3v) is 2.44. The van der Waals surface area contributed by atoms with Crippen molar-refractivity contribution in [2.45, 2.75) is 18.9 Å². The van der Waals surface area contributed by atoms with Crippen molar-refractivity contribution in [1.29, 1.82) is 0 Å². The van der Waals surface area contributed by atoms with Crippen molar-refractivity contribution in [2.75, 3.05) is 0 Å². The number of carboxylic acids is 1. The lowest BCUT2D eigenvalue weighted by molar-refractivity contribution is -0.143. The molecular formula is C7H9NO3.